The van der Waals surface area contributed by atoms with Gasteiger partial charge in [0.2, 0.25) is 5.91 Å². The van der Waals surface area contributed by atoms with E-state index < -0.39 is 5.54 Å². The van der Waals surface area contributed by atoms with E-state index in [9.17, 15) is 4.79 Å². The Bertz CT molecular complexity index is 383. The standard InChI is InChI=1S/C11H15ClN2O/c1-7-4-5-8(12)6-9(7)14-10(15)11(2,3)13/h4-6H,13H2,1-3H3,(H,14,15). The second-order valence-corrected chi connectivity index (χ2v) is 4.57. The van der Waals surface area contributed by atoms with Crippen LogP contribution in [0.15, 0.2) is 18.2 Å². The average molecular weight is 227 g/mol. The van der Waals surface area contributed by atoms with Crippen molar-refractivity contribution in [3.63, 3.8) is 0 Å². The second kappa shape index (κ2) is 4.21. The molecular weight excluding hydrogens is 212 g/mol. The molecule has 82 valence electrons. The minimum absolute atomic E-state index is 0.229. The van der Waals surface area contributed by atoms with Crippen LogP contribution >= 0.6 is 11.6 Å². The third-order valence-electron chi connectivity index (χ3n) is 2.03. The van der Waals surface area contributed by atoms with Crippen LogP contribution in [-0.2, 0) is 4.79 Å². The second-order valence-electron chi connectivity index (χ2n) is 4.14. The molecular formula is C11H15ClN2O. The molecule has 4 heteroatoms. The molecule has 0 saturated heterocycles. The molecule has 1 aromatic carbocycles. The van der Waals surface area contributed by atoms with Gasteiger partial charge in [-0.15, -0.1) is 0 Å². The molecule has 0 aromatic heterocycles. The number of aryl methyl sites for hydroxylation is 1. The summed E-state index contributed by atoms with van der Waals surface area (Å²) in [6.07, 6.45) is 0. The Kier molecular flexibility index (Phi) is 3.37. The molecule has 15 heavy (non-hydrogen) atoms. The zero-order chi connectivity index (χ0) is 11.6. The fraction of sp³-hybridized carbons (Fsp3) is 0.364. The molecule has 3 N–H and O–H groups in total. The minimum Gasteiger partial charge on any atom is -0.324 e. The fourth-order valence-corrected chi connectivity index (χ4v) is 1.18. The first-order valence-electron chi connectivity index (χ1n) is 4.67. The number of nitrogens with two attached hydrogens (primary N) is 1. The highest BCUT2D eigenvalue weighted by Crippen LogP contribution is 2.20. The topological polar surface area (TPSA) is 55.1 Å². The van der Waals surface area contributed by atoms with Crippen molar-refractivity contribution in [3.05, 3.63) is 28.8 Å². The Labute approximate surface area is 94.6 Å². The van der Waals surface area contributed by atoms with E-state index in [2.05, 4.69) is 5.32 Å². The number of hydrogen-bond donors (Lipinski definition) is 2. The van der Waals surface area contributed by atoms with Gasteiger partial charge >= 0.3 is 0 Å². The molecule has 0 heterocycles. The van der Waals surface area contributed by atoms with Crippen molar-refractivity contribution in [1.29, 1.82) is 0 Å². The molecule has 0 aliphatic rings. The number of carbonyl (C=O) groups excluding carboxylic acids is 1. The summed E-state index contributed by atoms with van der Waals surface area (Å²) in [6.45, 7) is 5.21. The van der Waals surface area contributed by atoms with Gasteiger partial charge in [-0.2, -0.15) is 0 Å². The van der Waals surface area contributed by atoms with Crippen LogP contribution < -0.4 is 11.1 Å². The Morgan fingerprint density at radius 1 is 1.47 bits per heavy atom. The smallest absolute Gasteiger partial charge is 0.243 e. The molecule has 0 aliphatic heterocycles. The molecule has 0 aliphatic carbocycles. The van der Waals surface area contributed by atoms with Crippen LogP contribution in [0.3, 0.4) is 0 Å². The van der Waals surface area contributed by atoms with Crippen molar-refractivity contribution in [3.8, 4) is 0 Å². The van der Waals surface area contributed by atoms with Gasteiger partial charge < -0.3 is 11.1 Å². The van der Waals surface area contributed by atoms with Crippen molar-refractivity contribution < 1.29 is 4.79 Å². The van der Waals surface area contributed by atoms with Gasteiger partial charge in [0.25, 0.3) is 0 Å². The molecule has 3 nitrogen and oxygen atoms in total. The van der Waals surface area contributed by atoms with E-state index in [1.165, 1.54) is 0 Å². The Balaban J connectivity index is 2.90. The Morgan fingerprint density at radius 3 is 2.60 bits per heavy atom. The molecule has 0 atom stereocenters. The van der Waals surface area contributed by atoms with Gasteiger partial charge in [0.1, 0.15) is 0 Å². The number of carbonyl (C=O) groups is 1. The summed E-state index contributed by atoms with van der Waals surface area (Å²) in [7, 11) is 0. The first-order chi connectivity index (χ1) is 6.80. The summed E-state index contributed by atoms with van der Waals surface area (Å²) in [5.41, 5.74) is 6.43. The molecule has 0 bridgehead atoms. The van der Waals surface area contributed by atoms with Crippen molar-refractivity contribution in [2.45, 2.75) is 26.3 Å². The van der Waals surface area contributed by atoms with Crippen molar-refractivity contribution in [2.24, 2.45) is 5.73 Å². The third-order valence-corrected chi connectivity index (χ3v) is 2.27. The van der Waals surface area contributed by atoms with E-state index in [0.717, 1.165) is 5.56 Å². The van der Waals surface area contributed by atoms with Gasteiger partial charge in [0.15, 0.2) is 0 Å². The summed E-state index contributed by atoms with van der Waals surface area (Å²) in [5, 5.41) is 3.33. The summed E-state index contributed by atoms with van der Waals surface area (Å²) in [6, 6.07) is 5.34. The summed E-state index contributed by atoms with van der Waals surface area (Å²) in [4.78, 5) is 11.6. The van der Waals surface area contributed by atoms with Gasteiger partial charge in [-0.05, 0) is 38.5 Å². The maximum Gasteiger partial charge on any atom is 0.243 e. The van der Waals surface area contributed by atoms with Crippen LogP contribution in [0.5, 0.6) is 0 Å². The molecule has 1 amide bonds. The first-order valence-corrected chi connectivity index (χ1v) is 5.05. The monoisotopic (exact) mass is 226 g/mol. The first kappa shape index (κ1) is 12.0. The predicted molar refractivity (Wildman–Crippen MR) is 63.1 cm³/mol. The lowest BCUT2D eigenvalue weighted by Gasteiger charge is -2.18. The van der Waals surface area contributed by atoms with Gasteiger partial charge in [0.05, 0.1) is 5.54 Å². The zero-order valence-electron chi connectivity index (χ0n) is 9.10. The molecule has 0 unspecified atom stereocenters. The number of benzene rings is 1. The van der Waals surface area contributed by atoms with Crippen LogP contribution in [0.2, 0.25) is 5.02 Å². The molecule has 0 saturated carbocycles. The number of hydrogen-bond acceptors (Lipinski definition) is 2. The van der Waals surface area contributed by atoms with E-state index in [1.807, 2.05) is 13.0 Å². The van der Waals surface area contributed by atoms with Crippen LogP contribution in [0, 0.1) is 6.92 Å². The van der Waals surface area contributed by atoms with Gasteiger partial charge in [0, 0.05) is 10.7 Å². The highest BCUT2D eigenvalue weighted by atomic mass is 35.5. The number of halogens is 1. The van der Waals surface area contributed by atoms with Crippen LogP contribution in [0.1, 0.15) is 19.4 Å². The fourth-order valence-electron chi connectivity index (χ4n) is 1.01. The lowest BCUT2D eigenvalue weighted by molar-refractivity contribution is -0.120. The van der Waals surface area contributed by atoms with Crippen LogP contribution in [-0.4, -0.2) is 11.4 Å². The SMILES string of the molecule is Cc1ccc(Cl)cc1NC(=O)C(C)(C)N. The zero-order valence-corrected chi connectivity index (χ0v) is 9.85. The number of anilines is 1. The lowest BCUT2D eigenvalue weighted by atomic mass is 10.1. The highest BCUT2D eigenvalue weighted by Gasteiger charge is 2.22. The van der Waals surface area contributed by atoms with Crippen LogP contribution in [0.4, 0.5) is 5.69 Å². The summed E-state index contributed by atoms with van der Waals surface area (Å²) >= 11 is 5.83. The van der Waals surface area contributed by atoms with Gasteiger partial charge in [-0.3, -0.25) is 4.79 Å². The van der Waals surface area contributed by atoms with E-state index in [-0.39, 0.29) is 5.91 Å². The van der Waals surface area contributed by atoms with Crippen LogP contribution in [0.25, 0.3) is 0 Å². The normalized spacial score (nSPS) is 11.3. The van der Waals surface area contributed by atoms with Crippen molar-refractivity contribution >= 4 is 23.2 Å². The van der Waals surface area contributed by atoms with Gasteiger partial charge in [-0.25, -0.2) is 0 Å². The molecule has 0 fully saturated rings. The van der Waals surface area contributed by atoms with E-state index in [0.29, 0.717) is 10.7 Å². The number of nitrogens with one attached hydrogen (secondary N) is 1. The maximum absolute atomic E-state index is 11.6. The summed E-state index contributed by atoms with van der Waals surface area (Å²) < 4.78 is 0. The Hall–Kier alpha value is -1.06. The van der Waals surface area contributed by atoms with Crippen molar-refractivity contribution in [1.82, 2.24) is 0 Å². The molecule has 1 rings (SSSR count). The molecule has 0 spiro atoms. The quantitative estimate of drug-likeness (QED) is 0.813. The maximum atomic E-state index is 11.6. The lowest BCUT2D eigenvalue weighted by Crippen LogP contribution is -2.45. The predicted octanol–water partition coefficient (Wildman–Crippen LogP) is 2.32. The molecule has 0 radical (unpaired) electrons. The number of rotatable bonds is 2. The summed E-state index contributed by atoms with van der Waals surface area (Å²) in [5.74, 6) is -0.229. The van der Waals surface area contributed by atoms with Crippen molar-refractivity contribution in [2.75, 3.05) is 5.32 Å². The van der Waals surface area contributed by atoms with E-state index in [1.54, 1.807) is 26.0 Å². The molecule has 1 aromatic rings. The average Bonchev–Trinajstić information content (AvgIpc) is 2.09. The van der Waals surface area contributed by atoms with E-state index in [4.69, 9.17) is 17.3 Å². The minimum atomic E-state index is -0.894. The number of amides is 1. The largest absolute Gasteiger partial charge is 0.324 e. The Morgan fingerprint density at radius 2 is 2.07 bits per heavy atom. The third kappa shape index (κ3) is 3.22. The van der Waals surface area contributed by atoms with E-state index >= 15 is 0 Å². The highest BCUT2D eigenvalue weighted by molar-refractivity contribution is 6.31. The van der Waals surface area contributed by atoms with Gasteiger partial charge in [-0.1, -0.05) is 17.7 Å².